The summed E-state index contributed by atoms with van der Waals surface area (Å²) in [4.78, 5) is 35.1. The summed E-state index contributed by atoms with van der Waals surface area (Å²) in [5.41, 5.74) is 9.61. The van der Waals surface area contributed by atoms with Gasteiger partial charge in [0.25, 0.3) is 11.8 Å². The van der Waals surface area contributed by atoms with Crippen LogP contribution >= 0.6 is 11.5 Å². The molecule has 1 atom stereocenters. The Morgan fingerprint density at radius 1 is 1.23 bits per heavy atom. The van der Waals surface area contributed by atoms with E-state index in [1.807, 2.05) is 29.8 Å². The molecule has 4 aromatic rings. The van der Waals surface area contributed by atoms with Crippen molar-refractivity contribution in [3.8, 4) is 23.1 Å². The molecule has 5 rings (SSSR count). The smallest absolute Gasteiger partial charge is 0.298 e. The Hall–Kier alpha value is -4.30. The lowest BCUT2D eigenvalue weighted by Crippen LogP contribution is -2.28. The summed E-state index contributed by atoms with van der Waals surface area (Å²) < 4.78 is 6.00. The van der Waals surface area contributed by atoms with E-state index in [1.165, 1.54) is 17.9 Å². The second kappa shape index (κ2) is 9.15. The molecule has 176 valence electrons. The molecular weight excluding hydrogens is 464 g/mol. The summed E-state index contributed by atoms with van der Waals surface area (Å²) in [6, 6.07) is 8.90. The fraction of sp³-hybridized carbons (Fsp3) is 0.250. The largest absolute Gasteiger partial charge is 0.383 e. The van der Waals surface area contributed by atoms with Crippen LogP contribution in [-0.4, -0.2) is 53.9 Å². The number of carbonyl (C=O) groups excluding carboxylic acids is 2. The number of likely N-dealkylation sites (tertiary alicyclic amines) is 1. The molecule has 0 radical (unpaired) electrons. The van der Waals surface area contributed by atoms with E-state index in [-0.39, 0.29) is 17.9 Å². The average molecular weight is 487 g/mol. The maximum absolute atomic E-state index is 12.6. The zero-order valence-corrected chi connectivity index (χ0v) is 20.0. The molecule has 3 N–H and O–H groups in total. The molecule has 1 saturated heterocycles. The summed E-state index contributed by atoms with van der Waals surface area (Å²) >= 11 is 1.24. The van der Waals surface area contributed by atoms with Crippen molar-refractivity contribution in [2.75, 3.05) is 24.1 Å². The van der Waals surface area contributed by atoms with Crippen LogP contribution in [0.4, 0.5) is 10.8 Å². The van der Waals surface area contributed by atoms with Gasteiger partial charge in [-0.1, -0.05) is 18.1 Å². The van der Waals surface area contributed by atoms with Crippen molar-refractivity contribution in [2.24, 2.45) is 0 Å². The Bertz CT molecular complexity index is 1500. The third kappa shape index (κ3) is 4.31. The molecule has 0 aliphatic carbocycles. The standard InChI is InChI=1S/C24H22N8O2S/c1-3-4-19(33)31-10-9-17(12-31)32-23-20(22(25)26-13-27-23)21(29-32)15-5-7-16(8-6-15)24(34)28-18-11-14(2)30-35-18/h5-8,11,13,17H,9-10,12H2,1-2H3,(H,28,34)(H2,25,26,27). The van der Waals surface area contributed by atoms with Crippen molar-refractivity contribution >= 4 is 45.2 Å². The van der Waals surface area contributed by atoms with Crippen molar-refractivity contribution < 1.29 is 9.59 Å². The van der Waals surface area contributed by atoms with Crippen LogP contribution in [0, 0.1) is 18.8 Å². The van der Waals surface area contributed by atoms with Gasteiger partial charge >= 0.3 is 0 Å². The van der Waals surface area contributed by atoms with Gasteiger partial charge in [-0.15, -0.1) is 0 Å². The first kappa shape index (κ1) is 22.5. The zero-order valence-electron chi connectivity index (χ0n) is 19.1. The second-order valence-corrected chi connectivity index (χ2v) is 8.99. The molecular formula is C24H22N8O2S. The minimum absolute atomic E-state index is 0.0592. The summed E-state index contributed by atoms with van der Waals surface area (Å²) in [5, 5.41) is 9.03. The van der Waals surface area contributed by atoms with E-state index in [2.05, 4.69) is 31.5 Å². The number of nitrogens with zero attached hydrogens (tertiary/aromatic N) is 6. The number of nitrogen functional groups attached to an aromatic ring is 1. The van der Waals surface area contributed by atoms with Crippen LogP contribution in [0.25, 0.3) is 22.3 Å². The minimum atomic E-state index is -0.218. The third-order valence-electron chi connectivity index (χ3n) is 5.83. The van der Waals surface area contributed by atoms with Gasteiger partial charge in [0, 0.05) is 24.2 Å². The first-order valence-electron chi connectivity index (χ1n) is 11.0. The van der Waals surface area contributed by atoms with Crippen molar-refractivity contribution in [1.82, 2.24) is 29.0 Å². The normalized spacial score (nSPS) is 15.1. The molecule has 2 amide bonds. The van der Waals surface area contributed by atoms with Gasteiger partial charge in [0.1, 0.15) is 22.8 Å². The van der Waals surface area contributed by atoms with Gasteiger partial charge in [-0.05, 0) is 55.9 Å². The van der Waals surface area contributed by atoms with Crippen molar-refractivity contribution in [1.29, 1.82) is 0 Å². The van der Waals surface area contributed by atoms with Crippen LogP contribution in [0.1, 0.15) is 35.4 Å². The molecule has 1 aliphatic rings. The quantitative estimate of drug-likeness (QED) is 0.424. The van der Waals surface area contributed by atoms with E-state index < -0.39 is 0 Å². The van der Waals surface area contributed by atoms with Gasteiger partial charge in [-0.25, -0.2) is 14.6 Å². The molecule has 1 aromatic carbocycles. The van der Waals surface area contributed by atoms with E-state index >= 15 is 0 Å². The molecule has 1 unspecified atom stereocenters. The highest BCUT2D eigenvalue weighted by atomic mass is 32.1. The molecule has 4 heterocycles. The van der Waals surface area contributed by atoms with Crippen molar-refractivity contribution in [3.05, 3.63) is 47.9 Å². The van der Waals surface area contributed by atoms with E-state index in [0.29, 0.717) is 46.2 Å². The van der Waals surface area contributed by atoms with Crippen LogP contribution < -0.4 is 11.1 Å². The first-order valence-corrected chi connectivity index (χ1v) is 11.8. The highest BCUT2D eigenvalue weighted by Gasteiger charge is 2.30. The molecule has 10 nitrogen and oxygen atoms in total. The number of hydrogen-bond donors (Lipinski definition) is 2. The van der Waals surface area contributed by atoms with Gasteiger partial charge in [0.15, 0.2) is 5.65 Å². The number of nitrogens with one attached hydrogen (secondary N) is 1. The maximum Gasteiger partial charge on any atom is 0.298 e. The Kier molecular flexibility index (Phi) is 5.88. The van der Waals surface area contributed by atoms with E-state index in [4.69, 9.17) is 10.8 Å². The summed E-state index contributed by atoms with van der Waals surface area (Å²) in [5.74, 6) is 5.16. The molecule has 1 fully saturated rings. The van der Waals surface area contributed by atoms with Crippen LogP contribution in [-0.2, 0) is 4.79 Å². The van der Waals surface area contributed by atoms with E-state index in [9.17, 15) is 9.59 Å². The van der Waals surface area contributed by atoms with Crippen LogP contribution in [0.2, 0.25) is 0 Å². The Labute approximate surface area is 205 Å². The lowest BCUT2D eigenvalue weighted by molar-refractivity contribution is -0.124. The van der Waals surface area contributed by atoms with E-state index in [0.717, 1.165) is 17.7 Å². The van der Waals surface area contributed by atoms with Crippen LogP contribution in [0.15, 0.2) is 36.7 Å². The number of anilines is 2. The van der Waals surface area contributed by atoms with Crippen molar-refractivity contribution in [2.45, 2.75) is 26.3 Å². The molecule has 0 bridgehead atoms. The molecule has 3 aromatic heterocycles. The molecule has 1 aliphatic heterocycles. The topological polar surface area (TPSA) is 132 Å². The van der Waals surface area contributed by atoms with Gasteiger partial charge in [0.2, 0.25) is 0 Å². The fourth-order valence-corrected chi connectivity index (χ4v) is 4.81. The highest BCUT2D eigenvalue weighted by Crippen LogP contribution is 2.34. The summed E-state index contributed by atoms with van der Waals surface area (Å²) in [7, 11) is 0. The Morgan fingerprint density at radius 2 is 2.03 bits per heavy atom. The fourth-order valence-electron chi connectivity index (χ4n) is 4.15. The van der Waals surface area contributed by atoms with E-state index in [1.54, 1.807) is 24.0 Å². The highest BCUT2D eigenvalue weighted by molar-refractivity contribution is 7.10. The predicted octanol–water partition coefficient (Wildman–Crippen LogP) is 2.89. The number of amides is 2. The number of nitrogens with two attached hydrogens (primary N) is 1. The number of aryl methyl sites for hydroxylation is 1. The number of rotatable bonds is 4. The average Bonchev–Trinajstić information content (AvgIpc) is 3.58. The SMILES string of the molecule is CC#CC(=O)N1CCC(n2nc(-c3ccc(C(=O)Nc4cc(C)ns4)cc3)c3c(N)ncnc32)C1. The Morgan fingerprint density at radius 3 is 2.74 bits per heavy atom. The number of carbonyl (C=O) groups is 2. The summed E-state index contributed by atoms with van der Waals surface area (Å²) in [6.07, 6.45) is 2.14. The van der Waals surface area contributed by atoms with Gasteiger partial charge in [0.05, 0.1) is 17.1 Å². The first-order chi connectivity index (χ1) is 16.9. The zero-order chi connectivity index (χ0) is 24.5. The van der Waals surface area contributed by atoms with Crippen LogP contribution in [0.5, 0.6) is 0 Å². The molecule has 0 saturated carbocycles. The Balaban J connectivity index is 1.45. The van der Waals surface area contributed by atoms with Crippen LogP contribution in [0.3, 0.4) is 0 Å². The number of benzene rings is 1. The lowest BCUT2D eigenvalue weighted by Gasteiger charge is -2.14. The predicted molar refractivity (Wildman–Crippen MR) is 134 cm³/mol. The van der Waals surface area contributed by atoms with Gasteiger partial charge in [-0.2, -0.15) is 9.47 Å². The minimum Gasteiger partial charge on any atom is -0.383 e. The number of fused-ring (bicyclic) bond motifs is 1. The summed E-state index contributed by atoms with van der Waals surface area (Å²) in [6.45, 7) is 4.61. The second-order valence-electron chi connectivity index (χ2n) is 8.18. The third-order valence-corrected chi connectivity index (χ3v) is 6.63. The van der Waals surface area contributed by atoms with Gasteiger partial charge in [-0.3, -0.25) is 9.59 Å². The lowest BCUT2D eigenvalue weighted by atomic mass is 10.1. The monoisotopic (exact) mass is 486 g/mol. The molecule has 0 spiro atoms. The van der Waals surface area contributed by atoms with Gasteiger partial charge < -0.3 is 16.0 Å². The maximum atomic E-state index is 12.6. The molecule has 35 heavy (non-hydrogen) atoms. The molecule has 11 heteroatoms. The number of hydrogen-bond acceptors (Lipinski definition) is 8. The number of aromatic nitrogens is 5. The van der Waals surface area contributed by atoms with Crippen molar-refractivity contribution in [3.63, 3.8) is 0 Å².